The summed E-state index contributed by atoms with van der Waals surface area (Å²) in [6.07, 6.45) is 5.35. The molecule has 4 heteroatoms. The third-order valence-electron chi connectivity index (χ3n) is 2.54. The molecule has 0 saturated heterocycles. The van der Waals surface area contributed by atoms with Crippen LogP contribution in [0.25, 0.3) is 17.0 Å². The third kappa shape index (κ3) is 1.24. The van der Waals surface area contributed by atoms with Gasteiger partial charge in [-0.15, -0.1) is 0 Å². The summed E-state index contributed by atoms with van der Waals surface area (Å²) in [5.74, 6) is 0.681. The predicted octanol–water partition coefficient (Wildman–Crippen LogP) is 1.98. The van der Waals surface area contributed by atoms with Crippen molar-refractivity contribution in [3.05, 3.63) is 48.9 Å². The van der Waals surface area contributed by atoms with Crippen LogP contribution in [-0.2, 0) is 0 Å². The number of nitrogens with two attached hydrogens (primary N) is 1. The van der Waals surface area contributed by atoms with E-state index in [9.17, 15) is 0 Å². The standard InChI is InChI=1S/C12H10N4/c13-10-4-2-1-3-9(10)11-5-6-14-12-15-7-8-16(11)12/h1-8H,13H2. The van der Waals surface area contributed by atoms with Crippen LogP contribution in [0.1, 0.15) is 0 Å². The summed E-state index contributed by atoms with van der Waals surface area (Å²) in [7, 11) is 0. The van der Waals surface area contributed by atoms with Crippen molar-refractivity contribution in [2.45, 2.75) is 0 Å². The molecule has 0 fully saturated rings. The lowest BCUT2D eigenvalue weighted by atomic mass is 10.1. The number of nitrogens with zero attached hydrogens (tertiary/aromatic N) is 3. The molecular formula is C12H10N4. The zero-order valence-corrected chi connectivity index (χ0v) is 8.54. The molecule has 0 aliphatic heterocycles. The Kier molecular flexibility index (Phi) is 1.86. The molecule has 0 aliphatic rings. The zero-order valence-electron chi connectivity index (χ0n) is 8.54. The van der Waals surface area contributed by atoms with Crippen molar-refractivity contribution in [3.8, 4) is 11.3 Å². The molecule has 0 aliphatic carbocycles. The van der Waals surface area contributed by atoms with Crippen LogP contribution in [0.15, 0.2) is 48.9 Å². The highest BCUT2D eigenvalue weighted by Gasteiger charge is 2.06. The summed E-state index contributed by atoms with van der Waals surface area (Å²) in [5, 5.41) is 0. The Labute approximate surface area is 92.4 Å². The molecule has 2 heterocycles. The van der Waals surface area contributed by atoms with Crippen LogP contribution < -0.4 is 5.73 Å². The number of benzene rings is 1. The van der Waals surface area contributed by atoms with Crippen LogP contribution in [0, 0.1) is 0 Å². The molecule has 2 N–H and O–H groups in total. The number of para-hydroxylation sites is 1. The second-order valence-corrected chi connectivity index (χ2v) is 3.51. The van der Waals surface area contributed by atoms with E-state index in [0.717, 1.165) is 16.9 Å². The van der Waals surface area contributed by atoms with Crippen LogP contribution in [0.5, 0.6) is 0 Å². The first-order chi connectivity index (χ1) is 7.86. The van der Waals surface area contributed by atoms with E-state index in [4.69, 9.17) is 5.73 Å². The number of anilines is 1. The molecule has 78 valence electrons. The number of imidazole rings is 1. The summed E-state index contributed by atoms with van der Waals surface area (Å²) in [5.41, 5.74) is 8.71. The molecule has 0 saturated carbocycles. The van der Waals surface area contributed by atoms with Crippen molar-refractivity contribution in [1.29, 1.82) is 0 Å². The van der Waals surface area contributed by atoms with Crippen molar-refractivity contribution < 1.29 is 0 Å². The van der Waals surface area contributed by atoms with Gasteiger partial charge in [0.05, 0.1) is 5.69 Å². The van der Waals surface area contributed by atoms with Gasteiger partial charge in [-0.3, -0.25) is 4.40 Å². The minimum absolute atomic E-state index is 0.681. The van der Waals surface area contributed by atoms with Gasteiger partial charge in [0.25, 0.3) is 0 Å². The lowest BCUT2D eigenvalue weighted by Crippen LogP contribution is -1.96. The Morgan fingerprint density at radius 1 is 1.00 bits per heavy atom. The zero-order chi connectivity index (χ0) is 11.0. The predicted molar refractivity (Wildman–Crippen MR) is 62.8 cm³/mol. The molecule has 0 atom stereocenters. The molecule has 3 aromatic rings. The van der Waals surface area contributed by atoms with Crippen LogP contribution in [-0.4, -0.2) is 14.4 Å². The Hall–Kier alpha value is -2.36. The van der Waals surface area contributed by atoms with E-state index >= 15 is 0 Å². The SMILES string of the molecule is Nc1ccccc1-c1ccnc2nccn12. The first kappa shape index (κ1) is 8.91. The van der Waals surface area contributed by atoms with Crippen molar-refractivity contribution in [3.63, 3.8) is 0 Å². The van der Waals surface area contributed by atoms with Gasteiger partial charge in [-0.25, -0.2) is 9.97 Å². The van der Waals surface area contributed by atoms with Crippen molar-refractivity contribution in [1.82, 2.24) is 14.4 Å². The number of hydrogen-bond donors (Lipinski definition) is 1. The maximum Gasteiger partial charge on any atom is 0.234 e. The van der Waals surface area contributed by atoms with Gasteiger partial charge in [0.2, 0.25) is 5.78 Å². The topological polar surface area (TPSA) is 56.2 Å². The highest BCUT2D eigenvalue weighted by atomic mass is 15.1. The van der Waals surface area contributed by atoms with Gasteiger partial charge in [0, 0.05) is 29.8 Å². The van der Waals surface area contributed by atoms with Gasteiger partial charge >= 0.3 is 0 Å². The molecule has 0 unspecified atom stereocenters. The lowest BCUT2D eigenvalue weighted by Gasteiger charge is -2.07. The quantitative estimate of drug-likeness (QED) is 0.625. The summed E-state index contributed by atoms with van der Waals surface area (Å²) in [6, 6.07) is 9.70. The summed E-state index contributed by atoms with van der Waals surface area (Å²) in [6.45, 7) is 0. The fraction of sp³-hybridized carbons (Fsp3) is 0. The Bertz CT molecular complexity index is 642. The van der Waals surface area contributed by atoms with E-state index in [1.165, 1.54) is 0 Å². The van der Waals surface area contributed by atoms with E-state index in [-0.39, 0.29) is 0 Å². The van der Waals surface area contributed by atoms with Crippen LogP contribution in [0.3, 0.4) is 0 Å². The second-order valence-electron chi connectivity index (χ2n) is 3.51. The van der Waals surface area contributed by atoms with E-state index in [1.54, 1.807) is 12.4 Å². The summed E-state index contributed by atoms with van der Waals surface area (Å²) < 4.78 is 1.92. The van der Waals surface area contributed by atoms with Gasteiger partial charge in [0.15, 0.2) is 0 Å². The molecular weight excluding hydrogens is 200 g/mol. The van der Waals surface area contributed by atoms with Crippen molar-refractivity contribution in [2.24, 2.45) is 0 Å². The van der Waals surface area contributed by atoms with Gasteiger partial charge in [-0.05, 0) is 12.1 Å². The Morgan fingerprint density at radius 2 is 1.81 bits per heavy atom. The fourth-order valence-electron chi connectivity index (χ4n) is 1.78. The van der Waals surface area contributed by atoms with Gasteiger partial charge in [0.1, 0.15) is 0 Å². The molecule has 4 nitrogen and oxygen atoms in total. The Balaban J connectivity index is 2.34. The van der Waals surface area contributed by atoms with Crippen molar-refractivity contribution in [2.75, 3.05) is 5.73 Å². The van der Waals surface area contributed by atoms with E-state index in [1.807, 2.05) is 40.9 Å². The summed E-state index contributed by atoms with van der Waals surface area (Å²) in [4.78, 5) is 8.31. The number of fused-ring (bicyclic) bond motifs is 1. The second kappa shape index (κ2) is 3.34. The highest BCUT2D eigenvalue weighted by molar-refractivity contribution is 5.74. The van der Waals surface area contributed by atoms with Crippen LogP contribution in [0.2, 0.25) is 0 Å². The van der Waals surface area contributed by atoms with Gasteiger partial charge in [-0.2, -0.15) is 0 Å². The molecule has 2 aromatic heterocycles. The van der Waals surface area contributed by atoms with E-state index in [2.05, 4.69) is 9.97 Å². The minimum atomic E-state index is 0.681. The first-order valence-corrected chi connectivity index (χ1v) is 4.99. The maximum atomic E-state index is 5.96. The summed E-state index contributed by atoms with van der Waals surface area (Å²) >= 11 is 0. The molecule has 0 radical (unpaired) electrons. The monoisotopic (exact) mass is 210 g/mol. The molecule has 3 rings (SSSR count). The molecule has 0 amide bonds. The van der Waals surface area contributed by atoms with Gasteiger partial charge < -0.3 is 5.73 Å². The third-order valence-corrected chi connectivity index (χ3v) is 2.54. The highest BCUT2D eigenvalue weighted by Crippen LogP contribution is 2.24. The first-order valence-electron chi connectivity index (χ1n) is 4.99. The molecule has 0 spiro atoms. The minimum Gasteiger partial charge on any atom is -0.398 e. The molecule has 0 bridgehead atoms. The largest absolute Gasteiger partial charge is 0.398 e. The fourth-order valence-corrected chi connectivity index (χ4v) is 1.78. The number of hydrogen-bond acceptors (Lipinski definition) is 3. The van der Waals surface area contributed by atoms with E-state index < -0.39 is 0 Å². The number of rotatable bonds is 1. The normalized spacial score (nSPS) is 10.8. The van der Waals surface area contributed by atoms with Gasteiger partial charge in [-0.1, -0.05) is 18.2 Å². The average Bonchev–Trinajstić information content (AvgIpc) is 2.77. The number of nitrogen functional groups attached to an aromatic ring is 1. The number of aromatic nitrogens is 3. The van der Waals surface area contributed by atoms with E-state index in [0.29, 0.717) is 5.78 Å². The average molecular weight is 210 g/mol. The van der Waals surface area contributed by atoms with Crippen LogP contribution in [0.4, 0.5) is 5.69 Å². The Morgan fingerprint density at radius 3 is 2.69 bits per heavy atom. The van der Waals surface area contributed by atoms with Crippen LogP contribution >= 0.6 is 0 Å². The molecule has 1 aromatic carbocycles. The maximum absolute atomic E-state index is 5.96. The smallest absolute Gasteiger partial charge is 0.234 e. The van der Waals surface area contributed by atoms with Crippen molar-refractivity contribution >= 4 is 11.5 Å². The lowest BCUT2D eigenvalue weighted by molar-refractivity contribution is 1.12. The molecule has 16 heavy (non-hydrogen) atoms.